The molecule has 1 aliphatic rings. The lowest BCUT2D eigenvalue weighted by molar-refractivity contribution is -0.124. The van der Waals surface area contributed by atoms with Crippen LogP contribution in [0.1, 0.15) is 26.7 Å². The van der Waals surface area contributed by atoms with Crippen LogP contribution in [0, 0.1) is 5.82 Å². The quantitative estimate of drug-likeness (QED) is 0.847. The summed E-state index contributed by atoms with van der Waals surface area (Å²) in [6.07, 6.45) is 1.41. The van der Waals surface area contributed by atoms with Crippen molar-refractivity contribution in [1.29, 1.82) is 0 Å². The van der Waals surface area contributed by atoms with E-state index in [2.05, 4.69) is 10.4 Å². The summed E-state index contributed by atoms with van der Waals surface area (Å²) in [7, 11) is 1.45. The third kappa shape index (κ3) is 4.75. The van der Waals surface area contributed by atoms with Crippen LogP contribution >= 0.6 is 0 Å². The third-order valence-corrected chi connectivity index (χ3v) is 4.67. The molecule has 1 unspecified atom stereocenters. The maximum atomic E-state index is 14.3. The van der Waals surface area contributed by atoms with E-state index >= 15 is 0 Å². The van der Waals surface area contributed by atoms with Gasteiger partial charge in [0.25, 0.3) is 5.56 Å². The molecule has 1 aromatic carbocycles. The summed E-state index contributed by atoms with van der Waals surface area (Å²) in [4.78, 5) is 24.5. The molecule has 1 saturated heterocycles. The fourth-order valence-corrected chi connectivity index (χ4v) is 3.30. The predicted octanol–water partition coefficient (Wildman–Crippen LogP) is 2.13. The van der Waals surface area contributed by atoms with Gasteiger partial charge >= 0.3 is 0 Å². The van der Waals surface area contributed by atoms with Crippen LogP contribution in [0.2, 0.25) is 0 Å². The van der Waals surface area contributed by atoms with Crippen LogP contribution in [0.3, 0.4) is 0 Å². The Morgan fingerprint density at radius 1 is 1.39 bits per heavy atom. The van der Waals surface area contributed by atoms with Gasteiger partial charge in [0.05, 0.1) is 18.4 Å². The lowest BCUT2D eigenvalue weighted by Crippen LogP contribution is -2.47. The van der Waals surface area contributed by atoms with Gasteiger partial charge in [-0.25, -0.2) is 9.07 Å². The van der Waals surface area contributed by atoms with Crippen molar-refractivity contribution < 1.29 is 18.7 Å². The van der Waals surface area contributed by atoms with E-state index in [4.69, 9.17) is 9.47 Å². The molecule has 3 rings (SSSR count). The minimum atomic E-state index is -0.522. The molecule has 1 fully saturated rings. The summed E-state index contributed by atoms with van der Waals surface area (Å²) in [5.74, 6) is -0.455. The first-order chi connectivity index (χ1) is 13.3. The predicted molar refractivity (Wildman–Crippen MR) is 102 cm³/mol. The highest BCUT2D eigenvalue weighted by atomic mass is 19.1. The molecule has 150 valence electrons. The van der Waals surface area contributed by atoms with E-state index in [1.54, 1.807) is 6.07 Å². The summed E-state index contributed by atoms with van der Waals surface area (Å²) < 4.78 is 26.0. The molecular formula is C20H24FN3O4. The Balaban J connectivity index is 1.75. The standard InChI is InChI=1S/C20H24FN3O4/c1-20(2)11-13(8-9-28-20)22-18(25)12-24-19(26)7-6-17(23-24)15-5-4-14(27-3)10-16(15)21/h4-7,10,13H,8-9,11-12H2,1-3H3,(H,22,25). The summed E-state index contributed by atoms with van der Waals surface area (Å²) >= 11 is 0. The Bertz CT molecular complexity index is 926. The summed E-state index contributed by atoms with van der Waals surface area (Å²) in [6, 6.07) is 7.06. The zero-order chi connectivity index (χ0) is 20.3. The molecule has 0 spiro atoms. The Morgan fingerprint density at radius 3 is 2.86 bits per heavy atom. The van der Waals surface area contributed by atoms with Crippen molar-refractivity contribution in [3.05, 3.63) is 46.5 Å². The number of halogens is 1. The fraction of sp³-hybridized carbons (Fsp3) is 0.450. The highest BCUT2D eigenvalue weighted by Crippen LogP contribution is 2.25. The number of nitrogens with zero attached hydrogens (tertiary/aromatic N) is 2. The van der Waals surface area contributed by atoms with Gasteiger partial charge in [0.2, 0.25) is 5.91 Å². The topological polar surface area (TPSA) is 82.5 Å². The Morgan fingerprint density at radius 2 is 2.18 bits per heavy atom. The van der Waals surface area contributed by atoms with Crippen LogP contribution in [-0.4, -0.2) is 41.0 Å². The molecule has 1 N–H and O–H groups in total. The van der Waals surface area contributed by atoms with Gasteiger partial charge in [-0.2, -0.15) is 5.10 Å². The lowest BCUT2D eigenvalue weighted by Gasteiger charge is -2.35. The van der Waals surface area contributed by atoms with Crippen molar-refractivity contribution in [1.82, 2.24) is 15.1 Å². The third-order valence-electron chi connectivity index (χ3n) is 4.67. The van der Waals surface area contributed by atoms with Crippen molar-refractivity contribution in [3.8, 4) is 17.0 Å². The van der Waals surface area contributed by atoms with Crippen LogP contribution in [0.25, 0.3) is 11.3 Å². The van der Waals surface area contributed by atoms with Gasteiger partial charge in [-0.05, 0) is 44.9 Å². The number of methoxy groups -OCH3 is 1. The smallest absolute Gasteiger partial charge is 0.267 e. The van der Waals surface area contributed by atoms with Gasteiger partial charge in [0.15, 0.2) is 0 Å². The highest BCUT2D eigenvalue weighted by Gasteiger charge is 2.29. The molecular weight excluding hydrogens is 365 g/mol. The Labute approximate surface area is 162 Å². The number of carbonyl (C=O) groups is 1. The maximum absolute atomic E-state index is 14.3. The molecule has 1 aliphatic heterocycles. The van der Waals surface area contributed by atoms with Crippen LogP contribution in [0.5, 0.6) is 5.75 Å². The van der Waals surface area contributed by atoms with Crippen LogP contribution in [-0.2, 0) is 16.1 Å². The fourth-order valence-electron chi connectivity index (χ4n) is 3.30. The van der Waals surface area contributed by atoms with Crippen LogP contribution in [0.15, 0.2) is 35.1 Å². The number of nitrogens with one attached hydrogen (secondary N) is 1. The minimum absolute atomic E-state index is 0.0193. The molecule has 1 atom stereocenters. The number of aromatic nitrogens is 2. The van der Waals surface area contributed by atoms with E-state index < -0.39 is 11.4 Å². The molecule has 2 aromatic rings. The van der Waals surface area contributed by atoms with Crippen LogP contribution < -0.4 is 15.6 Å². The largest absolute Gasteiger partial charge is 0.497 e. The van der Waals surface area contributed by atoms with Crippen molar-refractivity contribution >= 4 is 5.91 Å². The monoisotopic (exact) mass is 389 g/mol. The second kappa shape index (κ2) is 8.10. The molecule has 0 radical (unpaired) electrons. The number of hydrogen-bond donors (Lipinski definition) is 1. The van der Waals surface area contributed by atoms with E-state index in [0.29, 0.717) is 25.2 Å². The van der Waals surface area contributed by atoms with E-state index in [0.717, 1.165) is 4.68 Å². The first-order valence-electron chi connectivity index (χ1n) is 9.13. The molecule has 1 amide bonds. The number of benzene rings is 1. The summed E-state index contributed by atoms with van der Waals surface area (Å²) in [5, 5.41) is 7.08. The number of rotatable bonds is 5. The zero-order valence-corrected chi connectivity index (χ0v) is 16.2. The maximum Gasteiger partial charge on any atom is 0.267 e. The van der Waals surface area contributed by atoms with Gasteiger partial charge in [0, 0.05) is 30.3 Å². The van der Waals surface area contributed by atoms with Gasteiger partial charge < -0.3 is 14.8 Å². The molecule has 8 heteroatoms. The van der Waals surface area contributed by atoms with Gasteiger partial charge in [-0.15, -0.1) is 0 Å². The van der Waals surface area contributed by atoms with E-state index in [-0.39, 0.29) is 35.4 Å². The average molecular weight is 389 g/mol. The SMILES string of the molecule is COc1ccc(-c2ccc(=O)n(CC(=O)NC3CCOC(C)(C)C3)n2)c(F)c1. The number of amides is 1. The van der Waals surface area contributed by atoms with Crippen molar-refractivity contribution in [2.75, 3.05) is 13.7 Å². The molecule has 7 nitrogen and oxygen atoms in total. The summed E-state index contributed by atoms with van der Waals surface area (Å²) in [5.41, 5.74) is -0.238. The molecule has 0 bridgehead atoms. The molecule has 0 saturated carbocycles. The number of ether oxygens (including phenoxy) is 2. The zero-order valence-electron chi connectivity index (χ0n) is 16.2. The highest BCUT2D eigenvalue weighted by molar-refractivity contribution is 5.76. The number of hydrogen-bond acceptors (Lipinski definition) is 5. The average Bonchev–Trinajstić information content (AvgIpc) is 2.62. The van der Waals surface area contributed by atoms with Crippen LogP contribution in [0.4, 0.5) is 4.39 Å². The van der Waals surface area contributed by atoms with Gasteiger partial charge in [-0.1, -0.05) is 0 Å². The van der Waals surface area contributed by atoms with Crippen molar-refractivity contribution in [2.45, 2.75) is 44.9 Å². The second-order valence-corrected chi connectivity index (χ2v) is 7.43. The van der Waals surface area contributed by atoms with Crippen molar-refractivity contribution in [3.63, 3.8) is 0 Å². The summed E-state index contributed by atoms with van der Waals surface area (Å²) in [6.45, 7) is 4.29. The van der Waals surface area contributed by atoms with E-state index in [1.807, 2.05) is 13.8 Å². The van der Waals surface area contributed by atoms with Crippen molar-refractivity contribution in [2.24, 2.45) is 0 Å². The normalized spacial score (nSPS) is 18.5. The second-order valence-electron chi connectivity index (χ2n) is 7.43. The molecule has 28 heavy (non-hydrogen) atoms. The first kappa shape index (κ1) is 20.0. The van der Waals surface area contributed by atoms with Gasteiger partial charge in [0.1, 0.15) is 18.1 Å². The molecule has 1 aromatic heterocycles. The Kier molecular flexibility index (Phi) is 5.79. The lowest BCUT2D eigenvalue weighted by atomic mass is 9.94. The molecule has 2 heterocycles. The number of carbonyl (C=O) groups excluding carboxylic acids is 1. The first-order valence-corrected chi connectivity index (χ1v) is 9.13. The Hall–Kier alpha value is -2.74. The molecule has 0 aliphatic carbocycles. The minimum Gasteiger partial charge on any atom is -0.497 e. The van der Waals surface area contributed by atoms with Gasteiger partial charge in [-0.3, -0.25) is 9.59 Å². The van der Waals surface area contributed by atoms with E-state index in [9.17, 15) is 14.0 Å². The van der Waals surface area contributed by atoms with E-state index in [1.165, 1.54) is 31.4 Å².